The van der Waals surface area contributed by atoms with Gasteiger partial charge in [0.2, 0.25) is 5.91 Å². The van der Waals surface area contributed by atoms with E-state index in [1.165, 1.54) is 18.4 Å². The van der Waals surface area contributed by atoms with Crippen LogP contribution in [0.15, 0.2) is 54.6 Å². The molecule has 1 aliphatic heterocycles. The van der Waals surface area contributed by atoms with Gasteiger partial charge in [-0.1, -0.05) is 49.4 Å². The van der Waals surface area contributed by atoms with Crippen molar-refractivity contribution in [2.75, 3.05) is 26.7 Å². The maximum Gasteiger partial charge on any atom is 0.227 e. The number of hydrogen-bond donors (Lipinski definition) is 1. The fraction of sp³-hybridized carbons (Fsp3) is 0.435. The summed E-state index contributed by atoms with van der Waals surface area (Å²) in [4.78, 5) is 15.4. The zero-order valence-corrected chi connectivity index (χ0v) is 16.4. The SMILES string of the molecule is CC[C@H](C(=O)NC[C@@H](c1cccc(OC)c1)N1CCCC1)c1ccccc1. The first-order chi connectivity index (χ1) is 13.2. The molecule has 0 saturated carbocycles. The molecule has 0 spiro atoms. The van der Waals surface area contributed by atoms with Gasteiger partial charge in [-0.25, -0.2) is 0 Å². The van der Waals surface area contributed by atoms with Crippen LogP contribution in [0.1, 0.15) is 49.3 Å². The van der Waals surface area contributed by atoms with Crippen LogP contribution in [0.3, 0.4) is 0 Å². The number of ether oxygens (including phenoxy) is 1. The average Bonchev–Trinajstić information content (AvgIpc) is 3.24. The van der Waals surface area contributed by atoms with Crippen molar-refractivity contribution in [1.29, 1.82) is 0 Å². The second-order valence-electron chi connectivity index (χ2n) is 7.15. The van der Waals surface area contributed by atoms with E-state index in [2.05, 4.69) is 29.3 Å². The normalized spacial score (nSPS) is 16.7. The van der Waals surface area contributed by atoms with Crippen molar-refractivity contribution in [2.24, 2.45) is 0 Å². The first-order valence-corrected chi connectivity index (χ1v) is 9.93. The Balaban J connectivity index is 1.73. The van der Waals surface area contributed by atoms with Crippen LogP contribution in [-0.4, -0.2) is 37.6 Å². The van der Waals surface area contributed by atoms with Gasteiger partial charge in [0.05, 0.1) is 19.1 Å². The van der Waals surface area contributed by atoms with Gasteiger partial charge in [0.15, 0.2) is 0 Å². The van der Waals surface area contributed by atoms with E-state index in [1.54, 1.807) is 7.11 Å². The van der Waals surface area contributed by atoms with E-state index in [0.29, 0.717) is 6.54 Å². The highest BCUT2D eigenvalue weighted by Crippen LogP contribution is 2.27. The molecular formula is C23H30N2O2. The average molecular weight is 367 g/mol. The molecule has 27 heavy (non-hydrogen) atoms. The summed E-state index contributed by atoms with van der Waals surface area (Å²) in [6, 6.07) is 18.4. The van der Waals surface area contributed by atoms with E-state index in [9.17, 15) is 4.79 Å². The molecule has 2 atom stereocenters. The van der Waals surface area contributed by atoms with Gasteiger partial charge >= 0.3 is 0 Å². The van der Waals surface area contributed by atoms with Crippen molar-refractivity contribution in [2.45, 2.75) is 38.1 Å². The van der Waals surface area contributed by atoms with Gasteiger partial charge in [-0.15, -0.1) is 0 Å². The Labute approximate surface area is 162 Å². The van der Waals surface area contributed by atoms with Crippen LogP contribution in [-0.2, 0) is 4.79 Å². The summed E-state index contributed by atoms with van der Waals surface area (Å²) in [6.07, 6.45) is 3.23. The highest BCUT2D eigenvalue weighted by molar-refractivity contribution is 5.83. The molecule has 1 heterocycles. The molecule has 0 unspecified atom stereocenters. The first kappa shape index (κ1) is 19.4. The molecule has 4 heteroatoms. The summed E-state index contributed by atoms with van der Waals surface area (Å²) < 4.78 is 5.40. The van der Waals surface area contributed by atoms with E-state index >= 15 is 0 Å². The quantitative estimate of drug-likeness (QED) is 0.763. The summed E-state index contributed by atoms with van der Waals surface area (Å²) in [7, 11) is 1.69. The molecule has 1 fully saturated rings. The van der Waals surface area contributed by atoms with Crippen LogP contribution in [0.2, 0.25) is 0 Å². The number of nitrogens with zero attached hydrogens (tertiary/aromatic N) is 1. The molecule has 4 nitrogen and oxygen atoms in total. The standard InChI is InChI=1S/C23H30N2O2/c1-3-21(18-10-5-4-6-11-18)23(26)24-17-22(25-14-7-8-15-25)19-12-9-13-20(16-19)27-2/h4-6,9-13,16,21-22H,3,7-8,14-15,17H2,1-2H3,(H,24,26)/t21-,22-/m0/s1. The van der Waals surface area contributed by atoms with Crippen molar-refractivity contribution in [1.82, 2.24) is 10.2 Å². The van der Waals surface area contributed by atoms with Crippen molar-refractivity contribution < 1.29 is 9.53 Å². The summed E-state index contributed by atoms with van der Waals surface area (Å²) >= 11 is 0. The number of hydrogen-bond acceptors (Lipinski definition) is 3. The van der Waals surface area contributed by atoms with E-state index in [-0.39, 0.29) is 17.9 Å². The van der Waals surface area contributed by atoms with Crippen LogP contribution in [0.25, 0.3) is 0 Å². The molecule has 0 radical (unpaired) electrons. The number of nitrogens with one attached hydrogen (secondary N) is 1. The second-order valence-corrected chi connectivity index (χ2v) is 7.15. The third-order valence-electron chi connectivity index (χ3n) is 5.46. The van der Waals surface area contributed by atoms with Crippen molar-refractivity contribution in [3.8, 4) is 5.75 Å². The Bertz CT molecular complexity index is 726. The fourth-order valence-electron chi connectivity index (χ4n) is 3.94. The highest BCUT2D eigenvalue weighted by atomic mass is 16.5. The van der Waals surface area contributed by atoms with Gasteiger partial charge in [0.25, 0.3) is 0 Å². The number of amides is 1. The number of likely N-dealkylation sites (tertiary alicyclic amines) is 1. The summed E-state index contributed by atoms with van der Waals surface area (Å²) in [5.41, 5.74) is 2.28. The highest BCUT2D eigenvalue weighted by Gasteiger charge is 2.26. The van der Waals surface area contributed by atoms with Crippen LogP contribution in [0.4, 0.5) is 0 Å². The third-order valence-corrected chi connectivity index (χ3v) is 5.46. The number of methoxy groups -OCH3 is 1. The van der Waals surface area contributed by atoms with Crippen LogP contribution in [0.5, 0.6) is 5.75 Å². The van der Waals surface area contributed by atoms with Gasteiger partial charge in [0, 0.05) is 6.54 Å². The molecule has 2 aromatic rings. The minimum atomic E-state index is -0.101. The third kappa shape index (κ3) is 4.89. The van der Waals surface area contributed by atoms with Gasteiger partial charge in [-0.2, -0.15) is 0 Å². The molecular weight excluding hydrogens is 336 g/mol. The Morgan fingerprint density at radius 3 is 2.44 bits per heavy atom. The lowest BCUT2D eigenvalue weighted by molar-refractivity contribution is -0.122. The van der Waals surface area contributed by atoms with E-state index in [4.69, 9.17) is 4.74 Å². The van der Waals surface area contributed by atoms with Gasteiger partial charge in [0.1, 0.15) is 5.75 Å². The molecule has 1 N–H and O–H groups in total. The fourth-order valence-corrected chi connectivity index (χ4v) is 3.94. The topological polar surface area (TPSA) is 41.6 Å². The van der Waals surface area contributed by atoms with E-state index < -0.39 is 0 Å². The van der Waals surface area contributed by atoms with E-state index in [1.807, 2.05) is 42.5 Å². The predicted octanol–water partition coefficient (Wildman–Crippen LogP) is 4.14. The summed E-state index contributed by atoms with van der Waals surface area (Å²) in [5.74, 6) is 0.866. The molecule has 144 valence electrons. The molecule has 2 aromatic carbocycles. The molecule has 1 aliphatic rings. The number of carbonyl (C=O) groups excluding carboxylic acids is 1. The summed E-state index contributed by atoms with van der Waals surface area (Å²) in [6.45, 7) is 4.84. The monoisotopic (exact) mass is 366 g/mol. The van der Waals surface area contributed by atoms with Crippen LogP contribution in [0, 0.1) is 0 Å². The molecule has 1 amide bonds. The molecule has 0 aliphatic carbocycles. The Morgan fingerprint density at radius 1 is 1.07 bits per heavy atom. The lowest BCUT2D eigenvalue weighted by Gasteiger charge is -2.29. The van der Waals surface area contributed by atoms with Gasteiger partial charge in [-0.3, -0.25) is 9.69 Å². The molecule has 0 bridgehead atoms. The lowest BCUT2D eigenvalue weighted by atomic mass is 9.95. The maximum absolute atomic E-state index is 12.9. The first-order valence-electron chi connectivity index (χ1n) is 9.93. The molecule has 0 aromatic heterocycles. The Kier molecular flexibility index (Phi) is 6.88. The number of rotatable bonds is 8. The molecule has 1 saturated heterocycles. The van der Waals surface area contributed by atoms with Crippen LogP contribution < -0.4 is 10.1 Å². The molecule has 3 rings (SSSR count). The second kappa shape index (κ2) is 9.56. The number of carbonyl (C=O) groups is 1. The largest absolute Gasteiger partial charge is 0.497 e. The zero-order chi connectivity index (χ0) is 19.1. The summed E-state index contributed by atoms with van der Waals surface area (Å²) in [5, 5.41) is 3.22. The smallest absolute Gasteiger partial charge is 0.227 e. The minimum absolute atomic E-state index is 0.101. The van der Waals surface area contributed by atoms with E-state index in [0.717, 1.165) is 30.8 Å². The number of benzene rings is 2. The minimum Gasteiger partial charge on any atom is -0.497 e. The van der Waals surface area contributed by atoms with Crippen molar-refractivity contribution >= 4 is 5.91 Å². The van der Waals surface area contributed by atoms with Gasteiger partial charge < -0.3 is 10.1 Å². The Hall–Kier alpha value is -2.33. The van der Waals surface area contributed by atoms with Gasteiger partial charge in [-0.05, 0) is 55.6 Å². The van der Waals surface area contributed by atoms with Crippen molar-refractivity contribution in [3.05, 3.63) is 65.7 Å². The predicted molar refractivity (Wildman–Crippen MR) is 109 cm³/mol. The lowest BCUT2D eigenvalue weighted by Crippen LogP contribution is -2.38. The zero-order valence-electron chi connectivity index (χ0n) is 16.4. The van der Waals surface area contributed by atoms with Crippen LogP contribution >= 0.6 is 0 Å². The van der Waals surface area contributed by atoms with Crippen molar-refractivity contribution in [3.63, 3.8) is 0 Å². The maximum atomic E-state index is 12.9. The Morgan fingerprint density at radius 2 is 1.78 bits per heavy atom.